The number of nitrogens with zero attached hydrogens (tertiary/aromatic N) is 2. The quantitative estimate of drug-likeness (QED) is 0.711. The second kappa shape index (κ2) is 5.44. The number of rotatable bonds is 2. The molecule has 1 aromatic carbocycles. The van der Waals surface area contributed by atoms with Gasteiger partial charge in [0.1, 0.15) is 5.82 Å². The van der Waals surface area contributed by atoms with E-state index in [0.29, 0.717) is 17.1 Å². The fourth-order valence-corrected chi connectivity index (χ4v) is 2.25. The van der Waals surface area contributed by atoms with Crippen molar-refractivity contribution in [2.45, 2.75) is 13.8 Å². The number of fused-ring (bicyclic) bond motifs is 1. The van der Waals surface area contributed by atoms with E-state index >= 15 is 0 Å². The first-order valence-corrected chi connectivity index (χ1v) is 6.94. The molecule has 2 heterocycles. The summed E-state index contributed by atoms with van der Waals surface area (Å²) in [6, 6.07) is 10.9. The van der Waals surface area contributed by atoms with E-state index in [1.807, 2.05) is 32.0 Å². The van der Waals surface area contributed by atoms with Crippen LogP contribution >= 0.6 is 0 Å². The molecule has 22 heavy (non-hydrogen) atoms. The molecule has 110 valence electrons. The van der Waals surface area contributed by atoms with Gasteiger partial charge in [-0.2, -0.15) is 0 Å². The zero-order valence-corrected chi connectivity index (χ0v) is 12.4. The van der Waals surface area contributed by atoms with Crippen LogP contribution in [0.3, 0.4) is 0 Å². The molecule has 3 rings (SSSR count). The second-order valence-corrected chi connectivity index (χ2v) is 5.22. The monoisotopic (exact) mass is 292 g/mol. The summed E-state index contributed by atoms with van der Waals surface area (Å²) in [6.45, 7) is 3.86. The normalized spacial score (nSPS) is 10.6. The van der Waals surface area contributed by atoms with E-state index in [0.717, 1.165) is 22.2 Å². The van der Waals surface area contributed by atoms with Crippen molar-refractivity contribution in [3.8, 4) is 0 Å². The summed E-state index contributed by atoms with van der Waals surface area (Å²) in [5.41, 5.74) is 9.69. The third-order valence-electron chi connectivity index (χ3n) is 3.45. The molecule has 0 spiro atoms. The van der Waals surface area contributed by atoms with Gasteiger partial charge in [0.25, 0.3) is 5.91 Å². The molecule has 3 N–H and O–H groups in total. The Hall–Kier alpha value is -2.95. The van der Waals surface area contributed by atoms with Crippen molar-refractivity contribution >= 4 is 28.3 Å². The molecule has 0 aliphatic rings. The molecule has 0 aliphatic carbocycles. The summed E-state index contributed by atoms with van der Waals surface area (Å²) in [6.07, 6.45) is 1.70. The molecule has 0 atom stereocenters. The van der Waals surface area contributed by atoms with E-state index in [-0.39, 0.29) is 5.91 Å². The number of carbonyl (C=O) groups is 1. The Morgan fingerprint density at radius 2 is 1.91 bits per heavy atom. The van der Waals surface area contributed by atoms with Crippen molar-refractivity contribution in [2.75, 3.05) is 11.1 Å². The fraction of sp³-hybridized carbons (Fsp3) is 0.118. The van der Waals surface area contributed by atoms with Gasteiger partial charge in [0, 0.05) is 17.3 Å². The molecule has 0 saturated heterocycles. The maximum absolute atomic E-state index is 12.4. The van der Waals surface area contributed by atoms with Gasteiger partial charge in [-0.3, -0.25) is 9.78 Å². The minimum atomic E-state index is -0.281. The molecule has 0 unspecified atom stereocenters. The zero-order chi connectivity index (χ0) is 15.7. The highest BCUT2D eigenvalue weighted by molar-refractivity contribution is 6.12. The minimum Gasteiger partial charge on any atom is -0.398 e. The molecule has 0 radical (unpaired) electrons. The molecular weight excluding hydrogens is 276 g/mol. The summed E-state index contributed by atoms with van der Waals surface area (Å²) in [4.78, 5) is 20.9. The van der Waals surface area contributed by atoms with Crippen LogP contribution in [0.25, 0.3) is 10.9 Å². The van der Waals surface area contributed by atoms with Crippen molar-refractivity contribution in [3.05, 3.63) is 59.4 Å². The third kappa shape index (κ3) is 2.61. The maximum atomic E-state index is 12.4. The third-order valence-corrected chi connectivity index (χ3v) is 3.45. The fourth-order valence-electron chi connectivity index (χ4n) is 2.25. The predicted octanol–water partition coefficient (Wildman–Crippen LogP) is 3.08. The Bertz CT molecular complexity index is 856. The molecule has 1 amide bonds. The van der Waals surface area contributed by atoms with Crippen molar-refractivity contribution in [1.82, 2.24) is 9.97 Å². The number of hydrogen-bond acceptors (Lipinski definition) is 4. The van der Waals surface area contributed by atoms with Gasteiger partial charge >= 0.3 is 0 Å². The van der Waals surface area contributed by atoms with Crippen molar-refractivity contribution < 1.29 is 4.79 Å². The molecule has 3 aromatic rings. The number of anilines is 2. The number of nitrogens with two attached hydrogens (primary N) is 1. The van der Waals surface area contributed by atoms with Crippen LogP contribution in [0.2, 0.25) is 0 Å². The SMILES string of the molecule is Cc1ccc(NC(=O)c2ccc3nc(C)ccc3c2N)nc1. The topological polar surface area (TPSA) is 80.9 Å². The molecular formula is C17H16N4O. The number of pyridine rings is 2. The summed E-state index contributed by atoms with van der Waals surface area (Å²) in [7, 11) is 0. The average Bonchev–Trinajstić information content (AvgIpc) is 2.49. The lowest BCUT2D eigenvalue weighted by atomic mass is 10.1. The Balaban J connectivity index is 1.95. The van der Waals surface area contributed by atoms with Gasteiger partial charge < -0.3 is 11.1 Å². The lowest BCUT2D eigenvalue weighted by molar-refractivity contribution is 0.102. The van der Waals surface area contributed by atoms with Crippen LogP contribution in [0.5, 0.6) is 0 Å². The second-order valence-electron chi connectivity index (χ2n) is 5.22. The first-order valence-electron chi connectivity index (χ1n) is 6.94. The van der Waals surface area contributed by atoms with Crippen LogP contribution in [0.4, 0.5) is 11.5 Å². The summed E-state index contributed by atoms with van der Waals surface area (Å²) >= 11 is 0. The number of nitrogen functional groups attached to an aromatic ring is 1. The average molecular weight is 292 g/mol. The summed E-state index contributed by atoms with van der Waals surface area (Å²) in [5, 5.41) is 3.53. The first-order chi connectivity index (χ1) is 10.5. The van der Waals surface area contributed by atoms with E-state index in [1.165, 1.54) is 0 Å². The lowest BCUT2D eigenvalue weighted by Crippen LogP contribution is -2.15. The smallest absolute Gasteiger partial charge is 0.258 e. The van der Waals surface area contributed by atoms with E-state index < -0.39 is 0 Å². The Kier molecular flexibility index (Phi) is 3.47. The van der Waals surface area contributed by atoms with E-state index in [4.69, 9.17) is 5.73 Å². The van der Waals surface area contributed by atoms with E-state index in [1.54, 1.807) is 24.4 Å². The predicted molar refractivity (Wildman–Crippen MR) is 87.8 cm³/mol. The summed E-state index contributed by atoms with van der Waals surface area (Å²) < 4.78 is 0. The molecule has 5 nitrogen and oxygen atoms in total. The highest BCUT2D eigenvalue weighted by Crippen LogP contribution is 2.24. The van der Waals surface area contributed by atoms with Crippen molar-refractivity contribution in [3.63, 3.8) is 0 Å². The number of nitrogens with one attached hydrogen (secondary N) is 1. The number of amides is 1. The Morgan fingerprint density at radius 1 is 1.09 bits per heavy atom. The minimum absolute atomic E-state index is 0.281. The van der Waals surface area contributed by atoms with Gasteiger partial charge in [-0.25, -0.2) is 4.98 Å². The highest BCUT2D eigenvalue weighted by atomic mass is 16.1. The largest absolute Gasteiger partial charge is 0.398 e. The lowest BCUT2D eigenvalue weighted by Gasteiger charge is -2.09. The van der Waals surface area contributed by atoms with Gasteiger partial charge in [0.15, 0.2) is 0 Å². The molecule has 0 saturated carbocycles. The first kappa shape index (κ1) is 14.0. The summed E-state index contributed by atoms with van der Waals surface area (Å²) in [5.74, 6) is 0.216. The standard InChI is InChI=1S/C17H16N4O/c1-10-3-8-15(19-9-10)21-17(22)13-6-7-14-12(16(13)18)5-4-11(2)20-14/h3-9H,18H2,1-2H3,(H,19,21,22). The van der Waals surface area contributed by atoms with Gasteiger partial charge in [0.05, 0.1) is 16.8 Å². The van der Waals surface area contributed by atoms with Gasteiger partial charge in [-0.05, 0) is 49.7 Å². The molecule has 0 aliphatic heterocycles. The zero-order valence-electron chi connectivity index (χ0n) is 12.4. The molecule has 0 bridgehead atoms. The number of aromatic nitrogens is 2. The van der Waals surface area contributed by atoms with Crippen LogP contribution in [0, 0.1) is 13.8 Å². The number of carbonyl (C=O) groups excluding carboxylic acids is 1. The Labute approximate surface area is 128 Å². The van der Waals surface area contributed by atoms with Crippen LogP contribution < -0.4 is 11.1 Å². The molecule has 2 aromatic heterocycles. The molecule has 0 fully saturated rings. The number of benzene rings is 1. The number of hydrogen-bond donors (Lipinski definition) is 2. The van der Waals surface area contributed by atoms with Crippen molar-refractivity contribution in [1.29, 1.82) is 0 Å². The van der Waals surface area contributed by atoms with E-state index in [2.05, 4.69) is 15.3 Å². The van der Waals surface area contributed by atoms with Crippen LogP contribution in [0.1, 0.15) is 21.6 Å². The molecule has 5 heteroatoms. The Morgan fingerprint density at radius 3 is 2.64 bits per heavy atom. The van der Waals surface area contributed by atoms with Gasteiger partial charge in [-0.1, -0.05) is 6.07 Å². The van der Waals surface area contributed by atoms with Crippen molar-refractivity contribution in [2.24, 2.45) is 0 Å². The van der Waals surface area contributed by atoms with Crippen LogP contribution in [-0.4, -0.2) is 15.9 Å². The van der Waals surface area contributed by atoms with E-state index in [9.17, 15) is 4.79 Å². The maximum Gasteiger partial charge on any atom is 0.258 e. The highest BCUT2D eigenvalue weighted by Gasteiger charge is 2.13. The number of aryl methyl sites for hydroxylation is 2. The van der Waals surface area contributed by atoms with Gasteiger partial charge in [0.2, 0.25) is 0 Å². The van der Waals surface area contributed by atoms with Crippen LogP contribution in [-0.2, 0) is 0 Å². The van der Waals surface area contributed by atoms with Gasteiger partial charge in [-0.15, -0.1) is 0 Å². The van der Waals surface area contributed by atoms with Crippen LogP contribution in [0.15, 0.2) is 42.6 Å².